The van der Waals surface area contributed by atoms with E-state index >= 15 is 0 Å². The Morgan fingerprint density at radius 3 is 2.41 bits per heavy atom. The van der Waals surface area contributed by atoms with Crippen molar-refractivity contribution in [2.45, 2.75) is 19.0 Å². The van der Waals surface area contributed by atoms with Gasteiger partial charge < -0.3 is 0 Å². The van der Waals surface area contributed by atoms with Gasteiger partial charge in [-0.25, -0.2) is 13.8 Å². The minimum absolute atomic E-state index is 0.212. The third kappa shape index (κ3) is 3.03. The Labute approximate surface area is 97.6 Å². The number of alkyl halides is 5. The second kappa shape index (κ2) is 4.84. The van der Waals surface area contributed by atoms with Crippen LogP contribution in [0.4, 0.5) is 22.0 Å². The molecular formula is C9H4ClF5N2. The number of halogens is 6. The van der Waals surface area contributed by atoms with Gasteiger partial charge in [0.2, 0.25) is 0 Å². The van der Waals surface area contributed by atoms with Gasteiger partial charge in [-0.05, 0) is 6.07 Å². The summed E-state index contributed by atoms with van der Waals surface area (Å²) in [5, 5.41) is 7.64. The lowest BCUT2D eigenvalue weighted by Crippen LogP contribution is -2.12. The van der Waals surface area contributed by atoms with Crippen LogP contribution in [0.25, 0.3) is 0 Å². The first-order chi connectivity index (χ1) is 7.77. The lowest BCUT2D eigenvalue weighted by Gasteiger charge is -2.13. The second-order valence-electron chi connectivity index (χ2n) is 3.00. The van der Waals surface area contributed by atoms with Crippen LogP contribution < -0.4 is 0 Å². The SMILES string of the molecule is N#CCc1c(C(F)(F)F)cc(C(F)F)nc1Cl. The zero-order valence-electron chi connectivity index (χ0n) is 8.02. The van der Waals surface area contributed by atoms with E-state index in [-0.39, 0.29) is 6.07 Å². The molecule has 0 N–H and O–H groups in total. The summed E-state index contributed by atoms with van der Waals surface area (Å²) in [6.07, 6.45) is -8.67. The van der Waals surface area contributed by atoms with Crippen molar-refractivity contribution >= 4 is 11.6 Å². The largest absolute Gasteiger partial charge is 0.416 e. The Bertz CT molecular complexity index is 464. The topological polar surface area (TPSA) is 36.7 Å². The summed E-state index contributed by atoms with van der Waals surface area (Å²) >= 11 is 5.37. The first-order valence-electron chi connectivity index (χ1n) is 4.19. The molecule has 1 rings (SSSR count). The Kier molecular flexibility index (Phi) is 3.88. The van der Waals surface area contributed by atoms with Crippen molar-refractivity contribution in [1.82, 2.24) is 4.98 Å². The predicted molar refractivity (Wildman–Crippen MR) is 48.5 cm³/mol. The Balaban J connectivity index is 3.46. The smallest absolute Gasteiger partial charge is 0.235 e. The van der Waals surface area contributed by atoms with Crippen LogP contribution in [-0.4, -0.2) is 4.98 Å². The van der Waals surface area contributed by atoms with E-state index in [1.165, 1.54) is 6.07 Å². The normalized spacial score (nSPS) is 11.6. The van der Waals surface area contributed by atoms with Crippen LogP contribution in [0.3, 0.4) is 0 Å². The van der Waals surface area contributed by atoms with Gasteiger partial charge in [0.25, 0.3) is 6.43 Å². The van der Waals surface area contributed by atoms with Gasteiger partial charge in [0, 0.05) is 5.56 Å². The van der Waals surface area contributed by atoms with E-state index < -0.39 is 41.0 Å². The lowest BCUT2D eigenvalue weighted by molar-refractivity contribution is -0.138. The van der Waals surface area contributed by atoms with E-state index in [9.17, 15) is 22.0 Å². The highest BCUT2D eigenvalue weighted by Crippen LogP contribution is 2.36. The maximum Gasteiger partial charge on any atom is 0.416 e. The number of hydrogen-bond acceptors (Lipinski definition) is 2. The average molecular weight is 271 g/mol. The molecule has 0 amide bonds. The van der Waals surface area contributed by atoms with E-state index in [2.05, 4.69) is 4.98 Å². The molecule has 1 aromatic heterocycles. The maximum atomic E-state index is 12.6. The van der Waals surface area contributed by atoms with Crippen LogP contribution in [0.2, 0.25) is 5.15 Å². The Morgan fingerprint density at radius 2 is 2.00 bits per heavy atom. The number of rotatable bonds is 2. The molecule has 0 aliphatic heterocycles. The van der Waals surface area contributed by atoms with Gasteiger partial charge >= 0.3 is 6.18 Å². The highest BCUT2D eigenvalue weighted by Gasteiger charge is 2.36. The first-order valence-corrected chi connectivity index (χ1v) is 4.56. The molecule has 0 saturated heterocycles. The summed E-state index contributed by atoms with van der Waals surface area (Å²) in [5.74, 6) is 0. The zero-order valence-corrected chi connectivity index (χ0v) is 8.78. The van der Waals surface area contributed by atoms with Crippen LogP contribution in [0.1, 0.15) is 23.2 Å². The fourth-order valence-corrected chi connectivity index (χ4v) is 1.44. The van der Waals surface area contributed by atoms with Gasteiger partial charge in [0.1, 0.15) is 10.8 Å². The highest BCUT2D eigenvalue weighted by atomic mass is 35.5. The minimum atomic E-state index is -4.86. The summed E-state index contributed by atoms with van der Waals surface area (Å²) in [6, 6.07) is 1.69. The van der Waals surface area contributed by atoms with Crippen LogP contribution >= 0.6 is 11.6 Å². The zero-order chi connectivity index (χ0) is 13.2. The van der Waals surface area contributed by atoms with Crippen molar-refractivity contribution in [3.05, 3.63) is 28.0 Å². The molecule has 0 spiro atoms. The van der Waals surface area contributed by atoms with E-state index in [0.29, 0.717) is 0 Å². The molecule has 0 radical (unpaired) electrons. The van der Waals surface area contributed by atoms with E-state index in [0.717, 1.165) is 0 Å². The third-order valence-corrected chi connectivity index (χ3v) is 2.19. The van der Waals surface area contributed by atoms with Gasteiger partial charge in [-0.1, -0.05) is 11.6 Å². The molecule has 2 nitrogen and oxygen atoms in total. The molecule has 1 heterocycles. The Morgan fingerprint density at radius 1 is 1.41 bits per heavy atom. The quantitative estimate of drug-likeness (QED) is 0.606. The first kappa shape index (κ1) is 13.6. The third-order valence-electron chi connectivity index (χ3n) is 1.88. The van der Waals surface area contributed by atoms with Crippen molar-refractivity contribution in [3.8, 4) is 6.07 Å². The van der Waals surface area contributed by atoms with E-state index in [1.807, 2.05) is 0 Å². The number of aromatic nitrogens is 1. The molecule has 0 aliphatic carbocycles. The summed E-state index contributed by atoms with van der Waals surface area (Å²) < 4.78 is 62.2. The summed E-state index contributed by atoms with van der Waals surface area (Å²) in [5.41, 5.74) is -3.01. The van der Waals surface area contributed by atoms with Crippen LogP contribution in [0.5, 0.6) is 0 Å². The van der Waals surface area contributed by atoms with E-state index in [1.54, 1.807) is 0 Å². The molecule has 0 atom stereocenters. The fraction of sp³-hybridized carbons (Fsp3) is 0.333. The van der Waals surface area contributed by atoms with Gasteiger partial charge in [-0.2, -0.15) is 18.4 Å². The molecule has 92 valence electrons. The van der Waals surface area contributed by atoms with Crippen LogP contribution in [-0.2, 0) is 12.6 Å². The summed E-state index contributed by atoms with van der Waals surface area (Å²) in [4.78, 5) is 3.13. The van der Waals surface area contributed by atoms with Crippen molar-refractivity contribution < 1.29 is 22.0 Å². The lowest BCUT2D eigenvalue weighted by atomic mass is 10.1. The highest BCUT2D eigenvalue weighted by molar-refractivity contribution is 6.30. The summed E-state index contributed by atoms with van der Waals surface area (Å²) in [6.45, 7) is 0. The molecular weight excluding hydrogens is 267 g/mol. The van der Waals surface area contributed by atoms with Crippen molar-refractivity contribution in [3.63, 3.8) is 0 Å². The van der Waals surface area contributed by atoms with Gasteiger partial charge in [0.05, 0.1) is 18.1 Å². The van der Waals surface area contributed by atoms with E-state index in [4.69, 9.17) is 16.9 Å². The molecule has 0 fully saturated rings. The minimum Gasteiger partial charge on any atom is -0.235 e. The van der Waals surface area contributed by atoms with Gasteiger partial charge in [0.15, 0.2) is 0 Å². The number of pyridine rings is 1. The number of hydrogen-bond donors (Lipinski definition) is 0. The molecule has 0 bridgehead atoms. The molecule has 8 heteroatoms. The monoisotopic (exact) mass is 270 g/mol. The molecule has 0 aliphatic rings. The standard InChI is InChI=1S/C9H4ClF5N2/c10-7-4(1-2-16)5(9(13,14)15)3-6(17-7)8(11)12/h3,8H,1H2. The van der Waals surface area contributed by atoms with Gasteiger partial charge in [-0.3, -0.25) is 0 Å². The maximum absolute atomic E-state index is 12.6. The van der Waals surface area contributed by atoms with Crippen LogP contribution in [0, 0.1) is 11.3 Å². The molecule has 1 aromatic rings. The van der Waals surface area contributed by atoms with Crippen LogP contribution in [0.15, 0.2) is 6.07 Å². The van der Waals surface area contributed by atoms with Gasteiger partial charge in [-0.15, -0.1) is 0 Å². The number of nitriles is 1. The van der Waals surface area contributed by atoms with Crippen molar-refractivity contribution in [1.29, 1.82) is 5.26 Å². The molecule has 17 heavy (non-hydrogen) atoms. The predicted octanol–water partition coefficient (Wildman–Crippen LogP) is 3.76. The average Bonchev–Trinajstić information content (AvgIpc) is 2.18. The summed E-state index contributed by atoms with van der Waals surface area (Å²) in [7, 11) is 0. The molecule has 0 unspecified atom stereocenters. The molecule has 0 saturated carbocycles. The second-order valence-corrected chi connectivity index (χ2v) is 3.36. The molecule has 0 aromatic carbocycles. The fourth-order valence-electron chi connectivity index (χ4n) is 1.17. The number of nitrogens with zero attached hydrogens (tertiary/aromatic N) is 2. The van der Waals surface area contributed by atoms with Crippen molar-refractivity contribution in [2.24, 2.45) is 0 Å². The van der Waals surface area contributed by atoms with Crippen molar-refractivity contribution in [2.75, 3.05) is 0 Å². The Hall–Kier alpha value is -1.42.